The summed E-state index contributed by atoms with van der Waals surface area (Å²) in [5.74, 6) is -0.146. The van der Waals surface area contributed by atoms with Crippen LogP contribution in [0.5, 0.6) is 0 Å². The van der Waals surface area contributed by atoms with Crippen molar-refractivity contribution < 1.29 is 9.90 Å². The van der Waals surface area contributed by atoms with Crippen molar-refractivity contribution in [2.75, 3.05) is 0 Å². The van der Waals surface area contributed by atoms with Crippen LogP contribution in [0.3, 0.4) is 0 Å². The van der Waals surface area contributed by atoms with E-state index in [0.29, 0.717) is 29.8 Å². The number of aliphatic hydroxyl groups is 1. The molecule has 1 saturated carbocycles. The van der Waals surface area contributed by atoms with Crippen molar-refractivity contribution in [2.45, 2.75) is 51.2 Å². The first kappa shape index (κ1) is 17.2. The number of amides is 1. The van der Waals surface area contributed by atoms with Gasteiger partial charge in [0.15, 0.2) is 5.65 Å². The molecule has 9 heteroatoms. The molecule has 0 spiro atoms. The normalized spacial score (nSPS) is 24.3. The first-order valence-corrected chi connectivity index (χ1v) is 9.46. The van der Waals surface area contributed by atoms with Gasteiger partial charge in [0.05, 0.1) is 15.8 Å². The summed E-state index contributed by atoms with van der Waals surface area (Å²) >= 11 is 1.45. The molecular weight excluding hydrogens is 354 g/mol. The fourth-order valence-electron chi connectivity index (χ4n) is 3.93. The lowest BCUT2D eigenvalue weighted by Gasteiger charge is -2.43. The Labute approximate surface area is 153 Å². The minimum atomic E-state index is -0.869. The highest BCUT2D eigenvalue weighted by Gasteiger charge is 2.46. The summed E-state index contributed by atoms with van der Waals surface area (Å²) < 4.78 is 3.88. The van der Waals surface area contributed by atoms with Crippen molar-refractivity contribution in [2.24, 2.45) is 11.7 Å². The Morgan fingerprint density at radius 1 is 1.46 bits per heavy atom. The first-order valence-electron chi connectivity index (χ1n) is 8.58. The number of primary amides is 1. The second-order valence-corrected chi connectivity index (χ2v) is 8.57. The topological polar surface area (TPSA) is 116 Å². The molecule has 8 nitrogen and oxygen atoms in total. The maximum atomic E-state index is 13.1. The van der Waals surface area contributed by atoms with Crippen LogP contribution in [0, 0.1) is 5.92 Å². The monoisotopic (exact) mass is 375 g/mol. The van der Waals surface area contributed by atoms with Crippen molar-refractivity contribution in [3.8, 4) is 0 Å². The molecule has 1 aliphatic rings. The van der Waals surface area contributed by atoms with Crippen molar-refractivity contribution in [1.29, 1.82) is 0 Å². The van der Waals surface area contributed by atoms with Gasteiger partial charge in [0.25, 0.3) is 5.56 Å². The second kappa shape index (κ2) is 5.62. The molecule has 3 N–H and O–H groups in total. The maximum Gasteiger partial charge on any atom is 0.291 e. The molecule has 26 heavy (non-hydrogen) atoms. The minimum absolute atomic E-state index is 0.0136. The van der Waals surface area contributed by atoms with Crippen LogP contribution in [-0.4, -0.2) is 35.8 Å². The standard InChI is InChI=1S/C17H21N5O3S/c1-8(2)14-20-22(12(13(18)23)9-5-17(3,25)6-9)16(24)10-4-11-15(21(10)14)19-7-26-11/h4,7-9,12,25H,5-6H2,1-3H3,(H2,18,23). The van der Waals surface area contributed by atoms with E-state index in [4.69, 9.17) is 5.73 Å². The number of aromatic nitrogens is 4. The average Bonchev–Trinajstić information content (AvgIpc) is 3.08. The predicted molar refractivity (Wildman–Crippen MR) is 98.3 cm³/mol. The zero-order chi connectivity index (χ0) is 18.8. The molecule has 0 aliphatic heterocycles. The van der Waals surface area contributed by atoms with E-state index in [9.17, 15) is 14.7 Å². The molecule has 1 atom stereocenters. The fourth-order valence-corrected chi connectivity index (χ4v) is 4.63. The number of hydrogen-bond donors (Lipinski definition) is 2. The second-order valence-electron chi connectivity index (χ2n) is 7.68. The molecule has 1 aliphatic carbocycles. The molecule has 0 bridgehead atoms. The molecule has 1 unspecified atom stereocenters. The molecule has 0 saturated heterocycles. The van der Waals surface area contributed by atoms with Gasteiger partial charge >= 0.3 is 0 Å². The number of thiazole rings is 1. The summed E-state index contributed by atoms with van der Waals surface area (Å²) in [5, 5.41) is 14.6. The van der Waals surface area contributed by atoms with Crippen LogP contribution in [0.15, 0.2) is 16.4 Å². The van der Waals surface area contributed by atoms with Crippen LogP contribution in [0.1, 0.15) is 51.4 Å². The van der Waals surface area contributed by atoms with Gasteiger partial charge in [0, 0.05) is 5.92 Å². The molecule has 1 fully saturated rings. The number of hydrogen-bond acceptors (Lipinski definition) is 6. The van der Waals surface area contributed by atoms with E-state index in [1.165, 1.54) is 16.0 Å². The van der Waals surface area contributed by atoms with Gasteiger partial charge in [-0.2, -0.15) is 5.10 Å². The highest BCUT2D eigenvalue weighted by atomic mass is 32.1. The Morgan fingerprint density at radius 3 is 2.73 bits per heavy atom. The van der Waals surface area contributed by atoms with Gasteiger partial charge in [-0.3, -0.25) is 14.0 Å². The van der Waals surface area contributed by atoms with E-state index < -0.39 is 17.6 Å². The van der Waals surface area contributed by atoms with E-state index in [0.717, 1.165) is 4.70 Å². The highest BCUT2D eigenvalue weighted by molar-refractivity contribution is 7.16. The van der Waals surface area contributed by atoms with Crippen LogP contribution < -0.4 is 11.3 Å². The third kappa shape index (κ3) is 2.45. The Bertz CT molecular complexity index is 1070. The van der Waals surface area contributed by atoms with Gasteiger partial charge in [-0.1, -0.05) is 13.8 Å². The molecule has 0 aromatic carbocycles. The summed E-state index contributed by atoms with van der Waals surface area (Å²) in [6, 6.07) is 0.917. The number of rotatable bonds is 4. The van der Waals surface area contributed by atoms with Crippen molar-refractivity contribution in [3.63, 3.8) is 0 Å². The minimum Gasteiger partial charge on any atom is -0.390 e. The van der Waals surface area contributed by atoms with Gasteiger partial charge in [-0.05, 0) is 31.7 Å². The van der Waals surface area contributed by atoms with Crippen LogP contribution in [0.2, 0.25) is 0 Å². The lowest BCUT2D eigenvalue weighted by molar-refractivity contribution is -0.130. The molecule has 3 aromatic heterocycles. The molecule has 4 rings (SSSR count). The lowest BCUT2D eigenvalue weighted by atomic mass is 9.68. The van der Waals surface area contributed by atoms with E-state index in [-0.39, 0.29) is 17.4 Å². The van der Waals surface area contributed by atoms with E-state index >= 15 is 0 Å². The SMILES string of the molecule is CC(C)c1nn(C(C(N)=O)C2CC(C)(O)C2)c(=O)c2cc3scnc3n12. The fraction of sp³-hybridized carbons (Fsp3) is 0.529. The highest BCUT2D eigenvalue weighted by Crippen LogP contribution is 2.43. The quantitative estimate of drug-likeness (QED) is 0.715. The third-order valence-electron chi connectivity index (χ3n) is 5.08. The van der Waals surface area contributed by atoms with Gasteiger partial charge in [0.1, 0.15) is 17.4 Å². The van der Waals surface area contributed by atoms with E-state index in [1.807, 2.05) is 13.8 Å². The van der Waals surface area contributed by atoms with Crippen LogP contribution >= 0.6 is 11.3 Å². The Balaban J connectivity index is 1.96. The lowest BCUT2D eigenvalue weighted by Crippen LogP contribution is -2.50. The van der Waals surface area contributed by atoms with Crippen molar-refractivity contribution in [3.05, 3.63) is 27.8 Å². The summed E-state index contributed by atoms with van der Waals surface area (Å²) in [6.45, 7) is 5.66. The maximum absolute atomic E-state index is 13.1. The van der Waals surface area contributed by atoms with Crippen molar-refractivity contribution >= 4 is 33.1 Å². The van der Waals surface area contributed by atoms with Crippen LogP contribution in [-0.2, 0) is 4.79 Å². The van der Waals surface area contributed by atoms with E-state index in [2.05, 4.69) is 10.1 Å². The number of carbonyl (C=O) groups is 1. The Hall–Kier alpha value is -2.26. The van der Waals surface area contributed by atoms with Gasteiger partial charge in [-0.15, -0.1) is 11.3 Å². The van der Waals surface area contributed by atoms with Gasteiger partial charge in [-0.25, -0.2) is 9.67 Å². The largest absolute Gasteiger partial charge is 0.390 e. The number of fused-ring (bicyclic) bond motifs is 3. The zero-order valence-electron chi connectivity index (χ0n) is 14.8. The number of nitrogens with two attached hydrogens (primary N) is 1. The summed E-state index contributed by atoms with van der Waals surface area (Å²) in [5.41, 5.74) is 7.31. The summed E-state index contributed by atoms with van der Waals surface area (Å²) in [7, 11) is 0. The third-order valence-corrected chi connectivity index (χ3v) is 5.85. The number of carbonyl (C=O) groups excluding carboxylic acids is 1. The predicted octanol–water partition coefficient (Wildman–Crippen LogP) is 1.42. The van der Waals surface area contributed by atoms with Crippen molar-refractivity contribution in [1.82, 2.24) is 19.2 Å². The van der Waals surface area contributed by atoms with Gasteiger partial charge in [0.2, 0.25) is 5.91 Å². The molecule has 1 amide bonds. The smallest absolute Gasteiger partial charge is 0.291 e. The Morgan fingerprint density at radius 2 is 2.15 bits per heavy atom. The first-order chi connectivity index (χ1) is 12.2. The average molecular weight is 375 g/mol. The Kier molecular flexibility index (Phi) is 3.71. The van der Waals surface area contributed by atoms with E-state index in [1.54, 1.807) is 22.9 Å². The zero-order valence-corrected chi connectivity index (χ0v) is 15.7. The van der Waals surface area contributed by atoms with Gasteiger partial charge < -0.3 is 10.8 Å². The molecule has 3 heterocycles. The molecular formula is C17H21N5O3S. The summed E-state index contributed by atoms with van der Waals surface area (Å²) in [6.07, 6.45) is 0.823. The number of nitrogens with zero attached hydrogens (tertiary/aromatic N) is 4. The molecule has 3 aromatic rings. The van der Waals surface area contributed by atoms with Crippen LogP contribution in [0.25, 0.3) is 15.9 Å². The summed E-state index contributed by atoms with van der Waals surface area (Å²) in [4.78, 5) is 29.6. The van der Waals surface area contributed by atoms with Crippen LogP contribution in [0.4, 0.5) is 0 Å². The molecule has 0 radical (unpaired) electrons. The molecule has 138 valence electrons.